The summed E-state index contributed by atoms with van der Waals surface area (Å²) in [5, 5.41) is 11.4. The van der Waals surface area contributed by atoms with Crippen LogP contribution >= 0.6 is 0 Å². The van der Waals surface area contributed by atoms with E-state index >= 15 is 0 Å². The van der Waals surface area contributed by atoms with Crippen molar-refractivity contribution in [2.45, 2.75) is 13.1 Å². The maximum Gasteiger partial charge on any atom is 0.416 e. The number of aliphatic imine (C=N–C) groups is 1. The highest BCUT2D eigenvalue weighted by Gasteiger charge is 2.35. The minimum Gasteiger partial charge on any atom is -0.462 e. The molecule has 2 rings (SSSR count). The summed E-state index contributed by atoms with van der Waals surface area (Å²) in [6.45, 7) is 1.81. The number of ether oxygens (including phenoxy) is 1. The number of rotatable bonds is 6. The quantitative estimate of drug-likeness (QED) is 0.227. The summed E-state index contributed by atoms with van der Waals surface area (Å²) in [5.41, 5.74) is -1.81. The van der Waals surface area contributed by atoms with Crippen molar-refractivity contribution >= 4 is 23.7 Å². The number of nitro groups is 1. The zero-order chi connectivity index (χ0) is 21.8. The van der Waals surface area contributed by atoms with Crippen molar-refractivity contribution in [1.82, 2.24) is 4.90 Å². The van der Waals surface area contributed by atoms with Crippen molar-refractivity contribution in [2.24, 2.45) is 4.99 Å². The van der Waals surface area contributed by atoms with Crippen molar-refractivity contribution in [1.29, 1.82) is 0 Å². The molecule has 0 amide bonds. The Bertz CT molecular complexity index is 939. The molecule has 0 aliphatic heterocycles. The summed E-state index contributed by atoms with van der Waals surface area (Å²) >= 11 is 0. The molecular formula is C19H18F3N3O4. The van der Waals surface area contributed by atoms with Gasteiger partial charge < -0.3 is 9.64 Å². The fourth-order valence-corrected chi connectivity index (χ4v) is 2.45. The molecule has 10 heteroatoms. The van der Waals surface area contributed by atoms with Gasteiger partial charge in [-0.1, -0.05) is 12.1 Å². The average molecular weight is 409 g/mol. The smallest absolute Gasteiger partial charge is 0.416 e. The van der Waals surface area contributed by atoms with E-state index in [0.29, 0.717) is 6.07 Å². The van der Waals surface area contributed by atoms with Crippen LogP contribution in [0.15, 0.2) is 41.4 Å². The fourth-order valence-electron chi connectivity index (χ4n) is 2.45. The third-order valence-corrected chi connectivity index (χ3v) is 3.74. The zero-order valence-electron chi connectivity index (χ0n) is 15.9. The van der Waals surface area contributed by atoms with Crippen LogP contribution in [-0.4, -0.2) is 42.8 Å². The third kappa shape index (κ3) is 5.31. The monoisotopic (exact) mass is 409 g/mol. The molecule has 0 N–H and O–H groups in total. The number of nitro benzene ring substituents is 1. The number of benzene rings is 2. The van der Waals surface area contributed by atoms with Gasteiger partial charge in [-0.3, -0.25) is 10.1 Å². The van der Waals surface area contributed by atoms with Crippen LogP contribution in [0, 0.1) is 10.1 Å². The van der Waals surface area contributed by atoms with E-state index in [-0.39, 0.29) is 29.0 Å². The topological polar surface area (TPSA) is 85.0 Å². The SMILES string of the molecule is CCOC(=O)c1ccc(-c2cc(C(F)(F)F)cc([N+](=O)[O-])c2N=CN(C)C)cc1. The molecule has 0 atom stereocenters. The Morgan fingerprint density at radius 3 is 2.34 bits per heavy atom. The van der Waals surface area contributed by atoms with E-state index in [9.17, 15) is 28.1 Å². The Morgan fingerprint density at radius 1 is 1.24 bits per heavy atom. The van der Waals surface area contributed by atoms with Gasteiger partial charge in [0, 0.05) is 25.7 Å². The molecule has 29 heavy (non-hydrogen) atoms. The average Bonchev–Trinajstić information content (AvgIpc) is 2.65. The first-order valence-corrected chi connectivity index (χ1v) is 8.42. The van der Waals surface area contributed by atoms with Crippen molar-refractivity contribution in [3.63, 3.8) is 0 Å². The largest absolute Gasteiger partial charge is 0.462 e. The minimum absolute atomic E-state index is 0.0833. The Balaban J connectivity index is 2.71. The predicted octanol–water partition coefficient (Wildman–Crippen LogP) is 4.68. The number of hydrogen-bond donors (Lipinski definition) is 0. The number of halogens is 3. The maximum absolute atomic E-state index is 13.3. The van der Waals surface area contributed by atoms with Crippen LogP contribution in [0.25, 0.3) is 11.1 Å². The van der Waals surface area contributed by atoms with E-state index < -0.39 is 28.3 Å². The molecule has 0 spiro atoms. The van der Waals surface area contributed by atoms with Gasteiger partial charge in [-0.05, 0) is 30.7 Å². The fraction of sp³-hybridized carbons (Fsp3) is 0.263. The molecule has 0 fully saturated rings. The number of carbonyl (C=O) groups excluding carboxylic acids is 1. The van der Waals surface area contributed by atoms with Gasteiger partial charge in [-0.25, -0.2) is 9.79 Å². The van der Waals surface area contributed by atoms with E-state index in [4.69, 9.17) is 4.74 Å². The highest BCUT2D eigenvalue weighted by Crippen LogP contribution is 2.43. The van der Waals surface area contributed by atoms with Crippen LogP contribution in [0.1, 0.15) is 22.8 Å². The molecular weight excluding hydrogens is 391 g/mol. The Kier molecular flexibility index (Phi) is 6.57. The van der Waals surface area contributed by atoms with E-state index in [1.807, 2.05) is 0 Å². The zero-order valence-corrected chi connectivity index (χ0v) is 15.9. The lowest BCUT2D eigenvalue weighted by molar-refractivity contribution is -0.384. The van der Waals surface area contributed by atoms with Crippen molar-refractivity contribution < 1.29 is 27.6 Å². The van der Waals surface area contributed by atoms with Gasteiger partial charge in [0.15, 0.2) is 5.69 Å². The highest BCUT2D eigenvalue weighted by molar-refractivity contribution is 5.91. The van der Waals surface area contributed by atoms with Gasteiger partial charge in [0.05, 0.1) is 29.0 Å². The van der Waals surface area contributed by atoms with Crippen LogP contribution in [0.2, 0.25) is 0 Å². The van der Waals surface area contributed by atoms with Gasteiger partial charge in [-0.15, -0.1) is 0 Å². The lowest BCUT2D eigenvalue weighted by atomic mass is 9.98. The van der Waals surface area contributed by atoms with Gasteiger partial charge in [-0.2, -0.15) is 13.2 Å². The summed E-state index contributed by atoms with van der Waals surface area (Å²) in [6, 6.07) is 6.78. The standard InChI is InChI=1S/C19H18F3N3O4/c1-4-29-18(26)13-7-5-12(6-8-13)15-9-14(19(20,21)22)10-16(25(27)28)17(15)23-11-24(2)3/h5-11H,4H2,1-3H3. The molecule has 0 saturated carbocycles. The normalized spacial score (nSPS) is 11.5. The molecule has 0 saturated heterocycles. The van der Waals surface area contributed by atoms with Crippen LogP contribution in [0.3, 0.4) is 0 Å². The summed E-state index contributed by atoms with van der Waals surface area (Å²) < 4.78 is 44.8. The Labute approximate surface area is 164 Å². The summed E-state index contributed by atoms with van der Waals surface area (Å²) in [5.74, 6) is -0.583. The molecule has 7 nitrogen and oxygen atoms in total. The molecule has 0 unspecified atom stereocenters. The van der Waals surface area contributed by atoms with Crippen LogP contribution in [0.5, 0.6) is 0 Å². The molecule has 0 aliphatic rings. The first kappa shape index (κ1) is 21.9. The van der Waals surface area contributed by atoms with Crippen LogP contribution < -0.4 is 0 Å². The van der Waals surface area contributed by atoms with Crippen molar-refractivity contribution in [2.75, 3.05) is 20.7 Å². The molecule has 2 aromatic carbocycles. The van der Waals surface area contributed by atoms with E-state index in [1.54, 1.807) is 21.0 Å². The molecule has 0 aliphatic carbocycles. The number of hydrogen-bond acceptors (Lipinski definition) is 5. The summed E-state index contributed by atoms with van der Waals surface area (Å²) in [4.78, 5) is 27.8. The van der Waals surface area contributed by atoms with Gasteiger partial charge in [0.2, 0.25) is 0 Å². The van der Waals surface area contributed by atoms with Crippen LogP contribution in [-0.2, 0) is 10.9 Å². The second kappa shape index (κ2) is 8.72. The van der Waals surface area contributed by atoms with Gasteiger partial charge in [0.25, 0.3) is 5.69 Å². The number of carbonyl (C=O) groups is 1. The number of alkyl halides is 3. The molecule has 154 valence electrons. The maximum atomic E-state index is 13.3. The number of nitrogens with zero attached hydrogens (tertiary/aromatic N) is 3. The number of esters is 1. The third-order valence-electron chi connectivity index (χ3n) is 3.74. The first-order valence-electron chi connectivity index (χ1n) is 8.42. The molecule has 0 radical (unpaired) electrons. The first-order chi connectivity index (χ1) is 13.5. The molecule has 0 aromatic heterocycles. The molecule has 0 bridgehead atoms. The predicted molar refractivity (Wildman–Crippen MR) is 101 cm³/mol. The Hall–Kier alpha value is -3.43. The molecule has 2 aromatic rings. The lowest BCUT2D eigenvalue weighted by Crippen LogP contribution is -2.09. The van der Waals surface area contributed by atoms with Gasteiger partial charge >= 0.3 is 12.1 Å². The minimum atomic E-state index is -4.78. The Morgan fingerprint density at radius 2 is 1.86 bits per heavy atom. The van der Waals surface area contributed by atoms with Crippen LogP contribution in [0.4, 0.5) is 24.5 Å². The van der Waals surface area contributed by atoms with Crippen molar-refractivity contribution in [3.8, 4) is 11.1 Å². The summed E-state index contributed by atoms with van der Waals surface area (Å²) in [6.07, 6.45) is -3.53. The second-order valence-corrected chi connectivity index (χ2v) is 6.15. The summed E-state index contributed by atoms with van der Waals surface area (Å²) in [7, 11) is 3.24. The van der Waals surface area contributed by atoms with Crippen molar-refractivity contribution in [3.05, 3.63) is 57.6 Å². The lowest BCUT2D eigenvalue weighted by Gasteiger charge is -2.13. The second-order valence-electron chi connectivity index (χ2n) is 6.15. The van der Waals surface area contributed by atoms with Gasteiger partial charge in [0.1, 0.15) is 0 Å². The van der Waals surface area contributed by atoms with E-state index in [2.05, 4.69) is 4.99 Å². The van der Waals surface area contributed by atoms with E-state index in [1.165, 1.54) is 35.5 Å². The van der Waals surface area contributed by atoms with E-state index in [0.717, 1.165) is 6.07 Å². The molecule has 0 heterocycles. The highest BCUT2D eigenvalue weighted by atomic mass is 19.4.